The summed E-state index contributed by atoms with van der Waals surface area (Å²) in [7, 11) is 0. The minimum Gasteiger partial charge on any atom is -0.462 e. The summed E-state index contributed by atoms with van der Waals surface area (Å²) in [5.41, 5.74) is 2.22. The summed E-state index contributed by atoms with van der Waals surface area (Å²) in [4.78, 5) is 15.9. The van der Waals surface area contributed by atoms with Crippen LogP contribution >= 0.6 is 11.8 Å². The molecular weight excluding hydrogens is 294 g/mol. The first-order valence-corrected chi connectivity index (χ1v) is 8.19. The van der Waals surface area contributed by atoms with Crippen molar-refractivity contribution < 1.29 is 9.53 Å². The highest BCUT2D eigenvalue weighted by Crippen LogP contribution is 2.41. The Morgan fingerprint density at radius 3 is 2.23 bits per heavy atom. The molecule has 2 aromatic rings. The number of benzene rings is 2. The molecule has 1 heterocycles. The number of aliphatic imine (C=N–C) groups is 1. The average Bonchev–Trinajstić information content (AvgIpc) is 2.99. The van der Waals surface area contributed by atoms with Crippen molar-refractivity contribution in [1.82, 2.24) is 0 Å². The number of rotatable bonds is 4. The van der Waals surface area contributed by atoms with E-state index in [2.05, 4.69) is 24.3 Å². The van der Waals surface area contributed by atoms with Gasteiger partial charge in [0.1, 0.15) is 11.8 Å². The van der Waals surface area contributed by atoms with Crippen molar-refractivity contribution in [2.24, 2.45) is 4.99 Å². The molecule has 112 valence electrons. The minimum atomic E-state index is -0.141. The van der Waals surface area contributed by atoms with E-state index in [0.29, 0.717) is 11.0 Å². The second-order valence-electron chi connectivity index (χ2n) is 5.19. The average molecular weight is 311 g/mol. The molecule has 0 saturated heterocycles. The molecule has 3 nitrogen and oxygen atoms in total. The molecule has 0 spiro atoms. The monoisotopic (exact) mass is 311 g/mol. The van der Waals surface area contributed by atoms with E-state index < -0.39 is 0 Å². The van der Waals surface area contributed by atoms with Crippen LogP contribution in [0.2, 0.25) is 0 Å². The predicted molar refractivity (Wildman–Crippen MR) is 90.0 cm³/mol. The summed E-state index contributed by atoms with van der Waals surface area (Å²) < 4.78 is 6.03. The van der Waals surface area contributed by atoms with E-state index in [4.69, 9.17) is 9.73 Å². The Morgan fingerprint density at radius 2 is 1.64 bits per heavy atom. The van der Waals surface area contributed by atoms with Crippen LogP contribution in [0, 0.1) is 0 Å². The first kappa shape index (κ1) is 14.9. The molecule has 0 unspecified atom stereocenters. The summed E-state index contributed by atoms with van der Waals surface area (Å²) in [6, 6.07) is 20.2. The highest BCUT2D eigenvalue weighted by molar-refractivity contribution is 8.14. The second kappa shape index (κ2) is 6.79. The zero-order valence-electron chi connectivity index (χ0n) is 12.3. The van der Waals surface area contributed by atoms with Gasteiger partial charge in [-0.3, -0.25) is 4.79 Å². The summed E-state index contributed by atoms with van der Waals surface area (Å²) in [6.45, 7) is 1.58. The lowest BCUT2D eigenvalue weighted by Gasteiger charge is -2.18. The highest BCUT2D eigenvalue weighted by Gasteiger charge is 2.33. The molecule has 0 amide bonds. The van der Waals surface area contributed by atoms with Crippen molar-refractivity contribution in [3.8, 4) is 0 Å². The molecule has 0 N–H and O–H groups in total. The normalized spacial score (nSPS) is 20.3. The van der Waals surface area contributed by atoms with Gasteiger partial charge < -0.3 is 4.74 Å². The molecule has 1 aliphatic rings. The molecule has 0 aromatic heterocycles. The van der Waals surface area contributed by atoms with Crippen molar-refractivity contribution in [2.45, 2.75) is 19.1 Å². The van der Waals surface area contributed by atoms with Crippen molar-refractivity contribution in [2.75, 3.05) is 5.75 Å². The van der Waals surface area contributed by atoms with Crippen LogP contribution in [0.4, 0.5) is 0 Å². The van der Waals surface area contributed by atoms with Gasteiger partial charge in [-0.05, 0) is 18.1 Å². The van der Waals surface area contributed by atoms with Crippen molar-refractivity contribution in [1.29, 1.82) is 0 Å². The Labute approximate surface area is 134 Å². The van der Waals surface area contributed by atoms with Crippen molar-refractivity contribution in [3.05, 3.63) is 71.8 Å². The lowest BCUT2D eigenvalue weighted by Crippen LogP contribution is -2.08. The Hall–Kier alpha value is -2.07. The first-order valence-electron chi connectivity index (χ1n) is 7.20. The number of hydrogen-bond donors (Lipinski definition) is 0. The van der Waals surface area contributed by atoms with E-state index in [1.54, 1.807) is 6.92 Å². The lowest BCUT2D eigenvalue weighted by molar-refractivity contribution is -0.114. The van der Waals surface area contributed by atoms with Crippen LogP contribution < -0.4 is 0 Å². The van der Waals surface area contributed by atoms with Gasteiger partial charge in [0.15, 0.2) is 6.10 Å². The fourth-order valence-electron chi connectivity index (χ4n) is 2.41. The number of carbonyl (C=O) groups is 1. The molecule has 2 aromatic carbocycles. The van der Waals surface area contributed by atoms with E-state index in [1.807, 2.05) is 36.4 Å². The maximum Gasteiger partial charge on any atom is 0.247 e. The third-order valence-corrected chi connectivity index (χ3v) is 4.43. The van der Waals surface area contributed by atoms with Gasteiger partial charge in [0.2, 0.25) is 5.23 Å². The van der Waals surface area contributed by atoms with Crippen LogP contribution in [-0.2, 0) is 9.53 Å². The summed E-state index contributed by atoms with van der Waals surface area (Å²) in [6.07, 6.45) is -0.141. The molecule has 1 aliphatic heterocycles. The predicted octanol–water partition coefficient (Wildman–Crippen LogP) is 4.18. The molecule has 0 fully saturated rings. The quantitative estimate of drug-likeness (QED) is 0.850. The largest absolute Gasteiger partial charge is 0.462 e. The van der Waals surface area contributed by atoms with Gasteiger partial charge in [-0.25, -0.2) is 4.99 Å². The van der Waals surface area contributed by atoms with Gasteiger partial charge >= 0.3 is 0 Å². The van der Waals surface area contributed by atoms with Crippen LogP contribution in [0.3, 0.4) is 0 Å². The molecule has 22 heavy (non-hydrogen) atoms. The summed E-state index contributed by atoms with van der Waals surface area (Å²) >= 11 is 1.37. The standard InChI is InChI=1S/C18H17NO2S/c1-13(20)12-22-18-19-16(14-8-4-2-5-9-14)17(21-18)15-10-6-3-7-11-15/h2-11,16-17H,12H2,1H3/t16-,17+/m0/s1. The maximum atomic E-state index is 11.2. The molecule has 0 radical (unpaired) electrons. The maximum absolute atomic E-state index is 11.2. The highest BCUT2D eigenvalue weighted by atomic mass is 32.2. The van der Waals surface area contributed by atoms with Crippen molar-refractivity contribution in [3.63, 3.8) is 0 Å². The van der Waals surface area contributed by atoms with Gasteiger partial charge in [0, 0.05) is 0 Å². The number of Topliss-reactive ketones (excluding diaryl/α,β-unsaturated/α-hetero) is 1. The third-order valence-electron chi connectivity index (χ3n) is 3.43. The van der Waals surface area contributed by atoms with Crippen LogP contribution in [0.1, 0.15) is 30.2 Å². The molecule has 4 heteroatoms. The van der Waals surface area contributed by atoms with Gasteiger partial charge in [0.25, 0.3) is 0 Å². The second-order valence-corrected chi connectivity index (χ2v) is 6.12. The van der Waals surface area contributed by atoms with Gasteiger partial charge in [-0.15, -0.1) is 0 Å². The van der Waals surface area contributed by atoms with E-state index >= 15 is 0 Å². The number of ether oxygens (including phenoxy) is 1. The van der Waals surface area contributed by atoms with E-state index in [0.717, 1.165) is 11.1 Å². The minimum absolute atomic E-state index is 0.0712. The summed E-state index contributed by atoms with van der Waals surface area (Å²) in [5.74, 6) is 0.512. The third kappa shape index (κ3) is 3.39. The molecule has 0 saturated carbocycles. The summed E-state index contributed by atoms with van der Waals surface area (Å²) in [5, 5.41) is 0.595. The molecule has 2 atom stereocenters. The zero-order chi connectivity index (χ0) is 15.4. The molecular formula is C18H17NO2S. The number of thioether (sulfide) groups is 1. The lowest BCUT2D eigenvalue weighted by atomic mass is 9.97. The van der Waals surface area contributed by atoms with E-state index in [1.165, 1.54) is 11.8 Å². The van der Waals surface area contributed by atoms with Gasteiger partial charge in [-0.2, -0.15) is 0 Å². The Balaban J connectivity index is 1.88. The topological polar surface area (TPSA) is 38.7 Å². The first-order chi connectivity index (χ1) is 10.7. The van der Waals surface area contributed by atoms with Gasteiger partial charge in [0.05, 0.1) is 5.75 Å². The van der Waals surface area contributed by atoms with Crippen LogP contribution in [0.25, 0.3) is 0 Å². The number of ketones is 1. The zero-order valence-corrected chi connectivity index (χ0v) is 13.1. The fourth-order valence-corrected chi connectivity index (χ4v) is 3.10. The van der Waals surface area contributed by atoms with E-state index in [-0.39, 0.29) is 17.9 Å². The fraction of sp³-hybridized carbons (Fsp3) is 0.222. The SMILES string of the molecule is CC(=O)CSC1=N[C@@H](c2ccccc2)[C@@H](c2ccccc2)O1. The van der Waals surface area contributed by atoms with Crippen molar-refractivity contribution >= 4 is 22.8 Å². The number of carbonyl (C=O) groups excluding carboxylic acids is 1. The smallest absolute Gasteiger partial charge is 0.247 e. The Bertz CT molecular complexity index is 670. The number of nitrogens with zero attached hydrogens (tertiary/aromatic N) is 1. The van der Waals surface area contributed by atoms with Crippen LogP contribution in [-0.4, -0.2) is 16.8 Å². The van der Waals surface area contributed by atoms with Gasteiger partial charge in [-0.1, -0.05) is 72.4 Å². The molecule has 3 rings (SSSR count). The molecule has 0 aliphatic carbocycles. The Kier molecular flexibility index (Phi) is 4.59. The van der Waals surface area contributed by atoms with Crippen LogP contribution in [0.5, 0.6) is 0 Å². The Morgan fingerprint density at radius 1 is 1.05 bits per heavy atom. The number of hydrogen-bond acceptors (Lipinski definition) is 4. The van der Waals surface area contributed by atoms with E-state index in [9.17, 15) is 4.79 Å². The molecule has 0 bridgehead atoms. The van der Waals surface area contributed by atoms with Crippen LogP contribution in [0.15, 0.2) is 65.7 Å².